The van der Waals surface area contributed by atoms with Crippen molar-refractivity contribution in [2.24, 2.45) is 0 Å². The average Bonchev–Trinajstić information content (AvgIpc) is 2.27. The largest absolute Gasteiger partial charge is 0.355 e. The number of amides is 2. The zero-order valence-corrected chi connectivity index (χ0v) is 10.2. The van der Waals surface area contributed by atoms with Gasteiger partial charge in [-0.05, 0) is 6.42 Å². The molecule has 1 fully saturated rings. The van der Waals surface area contributed by atoms with Gasteiger partial charge in [0.2, 0.25) is 11.8 Å². The van der Waals surface area contributed by atoms with Gasteiger partial charge in [0.25, 0.3) is 0 Å². The highest BCUT2D eigenvalue weighted by atomic mass is 16.2. The van der Waals surface area contributed by atoms with Gasteiger partial charge in [0.05, 0.1) is 6.54 Å². The topological polar surface area (TPSA) is 52.7 Å². The van der Waals surface area contributed by atoms with Gasteiger partial charge in [-0.1, -0.05) is 6.92 Å². The van der Waals surface area contributed by atoms with Crippen LogP contribution in [-0.4, -0.2) is 60.9 Å². The summed E-state index contributed by atoms with van der Waals surface area (Å²) in [4.78, 5) is 26.5. The van der Waals surface area contributed by atoms with Crippen LogP contribution in [0.2, 0.25) is 0 Å². The molecule has 0 saturated carbocycles. The Bertz CT molecular complexity index is 248. The fourth-order valence-corrected chi connectivity index (χ4v) is 1.74. The number of rotatable bonds is 4. The lowest BCUT2D eigenvalue weighted by molar-refractivity contribution is -0.131. The van der Waals surface area contributed by atoms with E-state index in [-0.39, 0.29) is 11.8 Å². The molecule has 0 bridgehead atoms. The molecule has 0 aliphatic carbocycles. The lowest BCUT2D eigenvalue weighted by Gasteiger charge is -2.33. The first-order valence-electron chi connectivity index (χ1n) is 5.88. The molecule has 0 atom stereocenters. The molecule has 0 radical (unpaired) electrons. The maximum Gasteiger partial charge on any atom is 0.234 e. The van der Waals surface area contributed by atoms with Crippen molar-refractivity contribution in [1.29, 1.82) is 0 Å². The van der Waals surface area contributed by atoms with Gasteiger partial charge in [-0.3, -0.25) is 14.5 Å². The minimum Gasteiger partial charge on any atom is -0.355 e. The molecule has 1 heterocycles. The predicted octanol–water partition coefficient (Wildman–Crippen LogP) is -0.323. The molecule has 0 spiro atoms. The lowest BCUT2D eigenvalue weighted by atomic mass is 10.3. The molecule has 5 nitrogen and oxygen atoms in total. The summed E-state index contributed by atoms with van der Waals surface area (Å²) < 4.78 is 0. The monoisotopic (exact) mass is 227 g/mol. The maximum atomic E-state index is 11.5. The number of hydrogen-bond acceptors (Lipinski definition) is 3. The van der Waals surface area contributed by atoms with Crippen molar-refractivity contribution in [3.8, 4) is 0 Å². The Labute approximate surface area is 96.8 Å². The van der Waals surface area contributed by atoms with Gasteiger partial charge in [-0.25, -0.2) is 0 Å². The third kappa shape index (κ3) is 4.18. The third-order valence-electron chi connectivity index (χ3n) is 2.76. The summed E-state index contributed by atoms with van der Waals surface area (Å²) in [5.74, 6) is 0.202. The Morgan fingerprint density at radius 1 is 1.19 bits per heavy atom. The SMILES string of the molecule is CCCNC(=O)CN1CCN(C(C)=O)CC1. The molecule has 16 heavy (non-hydrogen) atoms. The first kappa shape index (κ1) is 13.0. The van der Waals surface area contributed by atoms with Crippen LogP contribution in [0.15, 0.2) is 0 Å². The highest BCUT2D eigenvalue weighted by Crippen LogP contribution is 2.01. The summed E-state index contributed by atoms with van der Waals surface area (Å²) in [6.45, 7) is 7.86. The number of carbonyl (C=O) groups excluding carboxylic acids is 2. The van der Waals surface area contributed by atoms with Crippen molar-refractivity contribution in [3.63, 3.8) is 0 Å². The van der Waals surface area contributed by atoms with Gasteiger partial charge in [0.15, 0.2) is 0 Å². The van der Waals surface area contributed by atoms with Crippen molar-refractivity contribution in [3.05, 3.63) is 0 Å². The smallest absolute Gasteiger partial charge is 0.234 e. The summed E-state index contributed by atoms with van der Waals surface area (Å²) in [5, 5.41) is 2.85. The molecule has 1 rings (SSSR count). The summed E-state index contributed by atoms with van der Waals surface area (Å²) in [7, 11) is 0. The molecule has 1 aliphatic rings. The van der Waals surface area contributed by atoms with Gasteiger partial charge < -0.3 is 10.2 Å². The van der Waals surface area contributed by atoms with Crippen molar-refractivity contribution < 1.29 is 9.59 Å². The Balaban J connectivity index is 2.21. The average molecular weight is 227 g/mol. The molecule has 0 aromatic rings. The van der Waals surface area contributed by atoms with E-state index in [0.29, 0.717) is 6.54 Å². The fourth-order valence-electron chi connectivity index (χ4n) is 1.74. The van der Waals surface area contributed by atoms with Crippen LogP contribution in [0.25, 0.3) is 0 Å². The van der Waals surface area contributed by atoms with E-state index < -0.39 is 0 Å². The normalized spacial score (nSPS) is 17.2. The number of hydrogen-bond donors (Lipinski definition) is 1. The third-order valence-corrected chi connectivity index (χ3v) is 2.76. The minimum absolute atomic E-state index is 0.0816. The molecule has 0 unspecified atom stereocenters. The van der Waals surface area contributed by atoms with Crippen LogP contribution in [-0.2, 0) is 9.59 Å². The predicted molar refractivity (Wildman–Crippen MR) is 62.0 cm³/mol. The zero-order valence-electron chi connectivity index (χ0n) is 10.2. The molecule has 1 aliphatic heterocycles. The van der Waals surface area contributed by atoms with Gasteiger partial charge in [0.1, 0.15) is 0 Å². The number of piperazine rings is 1. The van der Waals surface area contributed by atoms with E-state index in [4.69, 9.17) is 0 Å². The van der Waals surface area contributed by atoms with Crippen molar-refractivity contribution in [2.75, 3.05) is 39.3 Å². The standard InChI is InChI=1S/C11H21N3O2/c1-3-4-12-11(16)9-13-5-7-14(8-6-13)10(2)15/h3-9H2,1-2H3,(H,12,16). The Kier molecular flexibility index (Phi) is 5.25. The van der Waals surface area contributed by atoms with Gasteiger partial charge in [0, 0.05) is 39.6 Å². The van der Waals surface area contributed by atoms with E-state index in [2.05, 4.69) is 10.2 Å². The van der Waals surface area contributed by atoms with E-state index in [1.807, 2.05) is 11.8 Å². The van der Waals surface area contributed by atoms with Gasteiger partial charge in [-0.2, -0.15) is 0 Å². The zero-order chi connectivity index (χ0) is 12.0. The molecule has 1 N–H and O–H groups in total. The highest BCUT2D eigenvalue weighted by Gasteiger charge is 2.19. The Morgan fingerprint density at radius 2 is 1.81 bits per heavy atom. The number of nitrogens with one attached hydrogen (secondary N) is 1. The van der Waals surface area contributed by atoms with E-state index in [1.165, 1.54) is 0 Å². The van der Waals surface area contributed by atoms with Gasteiger partial charge in [-0.15, -0.1) is 0 Å². The second-order valence-electron chi connectivity index (χ2n) is 4.13. The second-order valence-corrected chi connectivity index (χ2v) is 4.13. The molecular formula is C11H21N3O2. The lowest BCUT2D eigenvalue weighted by Crippen LogP contribution is -2.50. The van der Waals surface area contributed by atoms with Crippen molar-refractivity contribution in [1.82, 2.24) is 15.1 Å². The van der Waals surface area contributed by atoms with Crippen LogP contribution in [0.4, 0.5) is 0 Å². The molecule has 2 amide bonds. The molecule has 1 saturated heterocycles. The Morgan fingerprint density at radius 3 is 2.31 bits per heavy atom. The second kappa shape index (κ2) is 6.48. The highest BCUT2D eigenvalue weighted by molar-refractivity contribution is 5.78. The van der Waals surface area contributed by atoms with Crippen LogP contribution in [0.5, 0.6) is 0 Å². The first-order valence-corrected chi connectivity index (χ1v) is 5.88. The van der Waals surface area contributed by atoms with E-state index in [9.17, 15) is 9.59 Å². The molecule has 92 valence electrons. The summed E-state index contributed by atoms with van der Waals surface area (Å²) in [5.41, 5.74) is 0. The summed E-state index contributed by atoms with van der Waals surface area (Å²) in [6.07, 6.45) is 0.962. The maximum absolute atomic E-state index is 11.5. The van der Waals surface area contributed by atoms with Crippen molar-refractivity contribution >= 4 is 11.8 Å². The van der Waals surface area contributed by atoms with E-state index in [1.54, 1.807) is 6.92 Å². The van der Waals surface area contributed by atoms with E-state index in [0.717, 1.165) is 39.1 Å². The fraction of sp³-hybridized carbons (Fsp3) is 0.818. The molecule has 5 heteroatoms. The van der Waals surface area contributed by atoms with Crippen LogP contribution in [0.3, 0.4) is 0 Å². The molecule has 0 aromatic carbocycles. The Hall–Kier alpha value is -1.10. The van der Waals surface area contributed by atoms with Crippen LogP contribution in [0.1, 0.15) is 20.3 Å². The van der Waals surface area contributed by atoms with Crippen molar-refractivity contribution in [2.45, 2.75) is 20.3 Å². The molecular weight excluding hydrogens is 206 g/mol. The summed E-state index contributed by atoms with van der Waals surface area (Å²) in [6, 6.07) is 0. The van der Waals surface area contributed by atoms with Crippen LogP contribution < -0.4 is 5.32 Å². The van der Waals surface area contributed by atoms with E-state index >= 15 is 0 Å². The first-order chi connectivity index (χ1) is 7.63. The number of carbonyl (C=O) groups is 2. The molecule has 0 aromatic heterocycles. The van der Waals surface area contributed by atoms with Crippen LogP contribution in [0, 0.1) is 0 Å². The van der Waals surface area contributed by atoms with Crippen LogP contribution >= 0.6 is 0 Å². The minimum atomic E-state index is 0.0816. The summed E-state index contributed by atoms with van der Waals surface area (Å²) >= 11 is 0. The quantitative estimate of drug-likeness (QED) is 0.716. The van der Waals surface area contributed by atoms with Gasteiger partial charge >= 0.3 is 0 Å². The number of nitrogens with zero attached hydrogens (tertiary/aromatic N) is 2.